The van der Waals surface area contributed by atoms with Crippen molar-refractivity contribution in [2.75, 3.05) is 13.9 Å². The van der Waals surface area contributed by atoms with Gasteiger partial charge in [0.15, 0.2) is 13.1 Å². The zero-order valence-corrected chi connectivity index (χ0v) is 7.74. The smallest absolute Gasteiger partial charge is 0.188 e. The fraction of sp³-hybridized carbons (Fsp3) is 0.300. The van der Waals surface area contributed by atoms with Gasteiger partial charge in [0.25, 0.3) is 0 Å². The number of aryl methyl sites for hydroxylation is 1. The van der Waals surface area contributed by atoms with Crippen LogP contribution >= 0.6 is 0 Å². The molecule has 0 fully saturated rings. The van der Waals surface area contributed by atoms with Gasteiger partial charge in [-0.15, -0.1) is 0 Å². The van der Waals surface area contributed by atoms with E-state index in [1.807, 2.05) is 19.1 Å². The van der Waals surface area contributed by atoms with Crippen LogP contribution in [0.5, 0.6) is 5.75 Å². The Kier molecular flexibility index (Phi) is 3.46. The van der Waals surface area contributed by atoms with Crippen LogP contribution in [0.1, 0.15) is 15.9 Å². The fourth-order valence-corrected chi connectivity index (χ4v) is 1.05. The third-order valence-corrected chi connectivity index (χ3v) is 1.73. The van der Waals surface area contributed by atoms with E-state index in [0.29, 0.717) is 11.3 Å². The standard InChI is InChI=1S/C10H12O3/c1-8-4-3-5-10(9(8)6-11)13-7-12-2/h3-6H,7H2,1-2H3. The summed E-state index contributed by atoms with van der Waals surface area (Å²) in [6.07, 6.45) is 0.792. The molecule has 0 bridgehead atoms. The summed E-state index contributed by atoms with van der Waals surface area (Å²) in [4.78, 5) is 10.7. The Balaban J connectivity index is 2.91. The Bertz CT molecular complexity index is 294. The average Bonchev–Trinajstić information content (AvgIpc) is 2.15. The monoisotopic (exact) mass is 180 g/mol. The third-order valence-electron chi connectivity index (χ3n) is 1.73. The van der Waals surface area contributed by atoms with E-state index in [1.165, 1.54) is 7.11 Å². The molecule has 0 spiro atoms. The Labute approximate surface area is 77.3 Å². The van der Waals surface area contributed by atoms with Gasteiger partial charge in [0.05, 0.1) is 5.56 Å². The van der Waals surface area contributed by atoms with Gasteiger partial charge in [-0.3, -0.25) is 4.79 Å². The largest absolute Gasteiger partial charge is 0.467 e. The molecule has 0 saturated heterocycles. The van der Waals surface area contributed by atoms with Crippen molar-refractivity contribution >= 4 is 6.29 Å². The molecule has 0 unspecified atom stereocenters. The first kappa shape index (κ1) is 9.74. The fourth-order valence-electron chi connectivity index (χ4n) is 1.05. The summed E-state index contributed by atoms with van der Waals surface area (Å²) in [7, 11) is 1.54. The number of hydrogen-bond donors (Lipinski definition) is 0. The highest BCUT2D eigenvalue weighted by Gasteiger charge is 2.04. The number of carbonyl (C=O) groups is 1. The first-order valence-electron chi connectivity index (χ1n) is 3.96. The minimum atomic E-state index is 0.157. The quantitative estimate of drug-likeness (QED) is 0.523. The summed E-state index contributed by atoms with van der Waals surface area (Å²) in [5.41, 5.74) is 1.49. The molecule has 70 valence electrons. The molecule has 0 aliphatic rings. The van der Waals surface area contributed by atoms with Gasteiger partial charge in [-0.1, -0.05) is 12.1 Å². The second-order valence-electron chi connectivity index (χ2n) is 2.66. The number of ether oxygens (including phenoxy) is 2. The van der Waals surface area contributed by atoms with E-state index in [9.17, 15) is 4.79 Å². The van der Waals surface area contributed by atoms with Crippen LogP contribution in [-0.4, -0.2) is 20.2 Å². The summed E-state index contributed by atoms with van der Waals surface area (Å²) in [6.45, 7) is 2.02. The van der Waals surface area contributed by atoms with E-state index in [1.54, 1.807) is 6.07 Å². The topological polar surface area (TPSA) is 35.5 Å². The van der Waals surface area contributed by atoms with Gasteiger partial charge < -0.3 is 9.47 Å². The Morgan fingerprint density at radius 3 is 2.85 bits per heavy atom. The molecule has 0 saturated carbocycles. The number of benzene rings is 1. The maximum atomic E-state index is 10.7. The van der Waals surface area contributed by atoms with Crippen molar-refractivity contribution in [3.8, 4) is 5.75 Å². The molecular weight excluding hydrogens is 168 g/mol. The van der Waals surface area contributed by atoms with Gasteiger partial charge in [-0.25, -0.2) is 0 Å². The van der Waals surface area contributed by atoms with Crippen molar-refractivity contribution in [1.82, 2.24) is 0 Å². The minimum absolute atomic E-state index is 0.157. The van der Waals surface area contributed by atoms with Crippen molar-refractivity contribution in [3.05, 3.63) is 29.3 Å². The van der Waals surface area contributed by atoms with E-state index in [-0.39, 0.29) is 6.79 Å². The Hall–Kier alpha value is -1.35. The van der Waals surface area contributed by atoms with Crippen LogP contribution in [0.3, 0.4) is 0 Å². The first-order valence-corrected chi connectivity index (χ1v) is 3.96. The maximum absolute atomic E-state index is 10.7. The van der Waals surface area contributed by atoms with E-state index < -0.39 is 0 Å². The summed E-state index contributed by atoms with van der Waals surface area (Å²) < 4.78 is 9.95. The predicted molar refractivity (Wildman–Crippen MR) is 49.1 cm³/mol. The van der Waals surface area contributed by atoms with E-state index in [2.05, 4.69) is 0 Å². The molecule has 3 heteroatoms. The Morgan fingerprint density at radius 2 is 2.23 bits per heavy atom. The lowest BCUT2D eigenvalue weighted by Gasteiger charge is -2.08. The maximum Gasteiger partial charge on any atom is 0.188 e. The van der Waals surface area contributed by atoms with Crippen molar-refractivity contribution in [2.24, 2.45) is 0 Å². The van der Waals surface area contributed by atoms with Crippen LogP contribution in [0.15, 0.2) is 18.2 Å². The molecule has 1 rings (SSSR count). The molecular formula is C10H12O3. The van der Waals surface area contributed by atoms with Gasteiger partial charge in [-0.05, 0) is 18.6 Å². The van der Waals surface area contributed by atoms with Crippen molar-refractivity contribution < 1.29 is 14.3 Å². The lowest BCUT2D eigenvalue weighted by atomic mass is 10.1. The first-order chi connectivity index (χ1) is 6.29. The SMILES string of the molecule is COCOc1cccc(C)c1C=O. The highest BCUT2D eigenvalue weighted by Crippen LogP contribution is 2.19. The molecule has 0 aromatic heterocycles. The number of rotatable bonds is 4. The normalized spacial score (nSPS) is 9.69. The predicted octanol–water partition coefficient (Wildman–Crippen LogP) is 1.79. The molecule has 1 aromatic rings. The van der Waals surface area contributed by atoms with Gasteiger partial charge in [0, 0.05) is 7.11 Å². The van der Waals surface area contributed by atoms with Gasteiger partial charge in [0.2, 0.25) is 0 Å². The Morgan fingerprint density at radius 1 is 1.46 bits per heavy atom. The van der Waals surface area contributed by atoms with Gasteiger partial charge in [0.1, 0.15) is 5.75 Å². The second-order valence-corrected chi connectivity index (χ2v) is 2.66. The molecule has 0 atom stereocenters. The third kappa shape index (κ3) is 2.29. The average molecular weight is 180 g/mol. The molecule has 3 nitrogen and oxygen atoms in total. The second kappa shape index (κ2) is 4.62. The zero-order valence-electron chi connectivity index (χ0n) is 7.74. The van der Waals surface area contributed by atoms with Crippen molar-refractivity contribution in [2.45, 2.75) is 6.92 Å². The molecule has 0 aliphatic carbocycles. The highest BCUT2D eigenvalue weighted by atomic mass is 16.7. The summed E-state index contributed by atoms with van der Waals surface area (Å²) in [5.74, 6) is 0.567. The lowest BCUT2D eigenvalue weighted by Crippen LogP contribution is -2.02. The van der Waals surface area contributed by atoms with Crippen LogP contribution in [0.2, 0.25) is 0 Å². The number of aldehydes is 1. The minimum Gasteiger partial charge on any atom is -0.467 e. The van der Waals surface area contributed by atoms with Crippen molar-refractivity contribution in [1.29, 1.82) is 0 Å². The van der Waals surface area contributed by atoms with Crippen molar-refractivity contribution in [3.63, 3.8) is 0 Å². The lowest BCUT2D eigenvalue weighted by molar-refractivity contribution is 0.0505. The molecule has 0 heterocycles. The zero-order chi connectivity index (χ0) is 9.68. The van der Waals surface area contributed by atoms with E-state index in [0.717, 1.165) is 11.8 Å². The van der Waals surface area contributed by atoms with E-state index in [4.69, 9.17) is 9.47 Å². The van der Waals surface area contributed by atoms with Crippen LogP contribution in [0.25, 0.3) is 0 Å². The number of carbonyl (C=O) groups excluding carboxylic acids is 1. The number of methoxy groups -OCH3 is 1. The van der Waals surface area contributed by atoms with Gasteiger partial charge >= 0.3 is 0 Å². The molecule has 0 radical (unpaired) electrons. The molecule has 0 amide bonds. The van der Waals surface area contributed by atoms with Crippen LogP contribution in [0.4, 0.5) is 0 Å². The van der Waals surface area contributed by atoms with Crippen LogP contribution in [0, 0.1) is 6.92 Å². The highest BCUT2D eigenvalue weighted by molar-refractivity contribution is 5.81. The number of hydrogen-bond acceptors (Lipinski definition) is 3. The molecule has 1 aromatic carbocycles. The van der Waals surface area contributed by atoms with Crippen LogP contribution < -0.4 is 4.74 Å². The van der Waals surface area contributed by atoms with Crippen LogP contribution in [-0.2, 0) is 4.74 Å². The molecule has 0 N–H and O–H groups in total. The molecule has 0 aliphatic heterocycles. The van der Waals surface area contributed by atoms with E-state index >= 15 is 0 Å². The summed E-state index contributed by atoms with van der Waals surface area (Å²) in [5, 5.41) is 0. The summed E-state index contributed by atoms with van der Waals surface area (Å²) >= 11 is 0. The summed E-state index contributed by atoms with van der Waals surface area (Å²) in [6, 6.07) is 5.45. The molecule has 13 heavy (non-hydrogen) atoms. The van der Waals surface area contributed by atoms with Gasteiger partial charge in [-0.2, -0.15) is 0 Å².